The molecule has 0 radical (unpaired) electrons. The van der Waals surface area contributed by atoms with Crippen molar-refractivity contribution in [1.82, 2.24) is 0 Å². The molecular weight excluding hydrogens is 392 g/mol. The molecule has 1 aliphatic carbocycles. The summed E-state index contributed by atoms with van der Waals surface area (Å²) >= 11 is 0. The van der Waals surface area contributed by atoms with E-state index < -0.39 is 16.2 Å². The zero-order valence-corrected chi connectivity index (χ0v) is 18.1. The molecule has 1 fully saturated rings. The molecule has 7 heteroatoms. The fourth-order valence-corrected chi connectivity index (χ4v) is 5.04. The second kappa shape index (κ2) is 9.05. The number of aryl methyl sites for hydroxylation is 1. The molecule has 1 aliphatic rings. The highest BCUT2D eigenvalue weighted by atomic mass is 32.2. The lowest BCUT2D eigenvalue weighted by atomic mass is 9.81. The Morgan fingerprint density at radius 3 is 2.10 bits per heavy atom. The van der Waals surface area contributed by atoms with Crippen LogP contribution in [0.15, 0.2) is 41.3 Å². The topological polar surface area (TPSA) is 71.1 Å². The molecular formula is C22H28O6S. The minimum Gasteiger partial charge on any atom is -0.493 e. The molecule has 0 N–H and O–H groups in total. The summed E-state index contributed by atoms with van der Waals surface area (Å²) < 4.78 is 48.0. The van der Waals surface area contributed by atoms with Gasteiger partial charge in [0.2, 0.25) is 5.75 Å². The largest absolute Gasteiger partial charge is 0.493 e. The van der Waals surface area contributed by atoms with Crippen LogP contribution in [0.25, 0.3) is 0 Å². The number of ether oxygens (including phenoxy) is 3. The van der Waals surface area contributed by atoms with Crippen molar-refractivity contribution >= 4 is 10.1 Å². The highest BCUT2D eigenvalue weighted by Crippen LogP contribution is 2.47. The normalized spacial score (nSPS) is 19.6. The van der Waals surface area contributed by atoms with Crippen LogP contribution in [0.4, 0.5) is 0 Å². The molecule has 6 nitrogen and oxygen atoms in total. The Bertz CT molecular complexity index is 937. The van der Waals surface area contributed by atoms with Gasteiger partial charge in [-0.2, -0.15) is 8.42 Å². The van der Waals surface area contributed by atoms with Gasteiger partial charge < -0.3 is 14.2 Å². The highest BCUT2D eigenvalue weighted by molar-refractivity contribution is 7.86. The van der Waals surface area contributed by atoms with E-state index in [-0.39, 0.29) is 10.8 Å². The zero-order chi connectivity index (χ0) is 21.0. The molecule has 0 amide bonds. The summed E-state index contributed by atoms with van der Waals surface area (Å²) in [5, 5.41) is 0. The van der Waals surface area contributed by atoms with Crippen molar-refractivity contribution in [3.8, 4) is 17.2 Å². The van der Waals surface area contributed by atoms with E-state index >= 15 is 0 Å². The number of benzene rings is 2. The van der Waals surface area contributed by atoms with Gasteiger partial charge in [-0.15, -0.1) is 0 Å². The summed E-state index contributed by atoms with van der Waals surface area (Å²) in [6.45, 7) is 1.91. The van der Waals surface area contributed by atoms with E-state index in [4.69, 9.17) is 18.4 Å². The average molecular weight is 421 g/mol. The van der Waals surface area contributed by atoms with Crippen molar-refractivity contribution < 1.29 is 26.8 Å². The number of hydrogen-bond donors (Lipinski definition) is 0. The van der Waals surface area contributed by atoms with Gasteiger partial charge in [0.15, 0.2) is 11.5 Å². The molecule has 0 spiro atoms. The van der Waals surface area contributed by atoms with Gasteiger partial charge in [0.25, 0.3) is 10.1 Å². The van der Waals surface area contributed by atoms with Gasteiger partial charge in [-0.1, -0.05) is 36.6 Å². The SMILES string of the molecule is COc1ccc(C2CCCCC2OS(=O)(=O)c2ccc(C)cc2)c(OC)c1OC. The van der Waals surface area contributed by atoms with Gasteiger partial charge in [0.05, 0.1) is 32.3 Å². The maximum Gasteiger partial charge on any atom is 0.297 e. The van der Waals surface area contributed by atoms with Gasteiger partial charge >= 0.3 is 0 Å². The monoisotopic (exact) mass is 420 g/mol. The van der Waals surface area contributed by atoms with Gasteiger partial charge in [-0.3, -0.25) is 4.18 Å². The lowest BCUT2D eigenvalue weighted by Crippen LogP contribution is -2.29. The minimum absolute atomic E-state index is 0.126. The Balaban J connectivity index is 1.95. The van der Waals surface area contributed by atoms with Crippen LogP contribution >= 0.6 is 0 Å². The third-order valence-electron chi connectivity index (χ3n) is 5.40. The molecule has 2 aromatic carbocycles. The van der Waals surface area contributed by atoms with Crippen LogP contribution in [0, 0.1) is 6.92 Å². The van der Waals surface area contributed by atoms with E-state index in [9.17, 15) is 8.42 Å². The van der Waals surface area contributed by atoms with Crippen molar-refractivity contribution in [3.63, 3.8) is 0 Å². The molecule has 0 saturated heterocycles. The van der Waals surface area contributed by atoms with Crippen molar-refractivity contribution in [3.05, 3.63) is 47.5 Å². The third kappa shape index (κ3) is 4.51. The Morgan fingerprint density at radius 1 is 0.828 bits per heavy atom. The highest BCUT2D eigenvalue weighted by Gasteiger charge is 2.35. The fourth-order valence-electron chi connectivity index (χ4n) is 3.91. The Morgan fingerprint density at radius 2 is 1.48 bits per heavy atom. The lowest BCUT2D eigenvalue weighted by molar-refractivity contribution is 0.135. The van der Waals surface area contributed by atoms with E-state index in [2.05, 4.69) is 0 Å². The van der Waals surface area contributed by atoms with Crippen molar-refractivity contribution in [2.24, 2.45) is 0 Å². The predicted molar refractivity (Wildman–Crippen MR) is 111 cm³/mol. The molecule has 0 heterocycles. The van der Waals surface area contributed by atoms with Gasteiger partial charge in [0, 0.05) is 11.5 Å². The number of rotatable bonds is 7. The molecule has 3 rings (SSSR count). The molecule has 29 heavy (non-hydrogen) atoms. The Hall–Kier alpha value is -2.25. The van der Waals surface area contributed by atoms with Crippen molar-refractivity contribution in [2.45, 2.75) is 49.5 Å². The summed E-state index contributed by atoms with van der Waals surface area (Å²) in [4.78, 5) is 0.173. The van der Waals surface area contributed by atoms with Crippen LogP contribution in [0.1, 0.15) is 42.7 Å². The van der Waals surface area contributed by atoms with Crippen LogP contribution in [-0.4, -0.2) is 35.9 Å². The minimum atomic E-state index is -3.86. The fraction of sp³-hybridized carbons (Fsp3) is 0.455. The summed E-state index contributed by atoms with van der Waals surface area (Å²) in [6, 6.07) is 10.4. The van der Waals surface area contributed by atoms with Crippen LogP contribution in [0.3, 0.4) is 0 Å². The molecule has 0 bridgehead atoms. The van der Waals surface area contributed by atoms with E-state index in [1.165, 1.54) is 0 Å². The first-order valence-electron chi connectivity index (χ1n) is 9.70. The van der Waals surface area contributed by atoms with Crippen molar-refractivity contribution in [2.75, 3.05) is 21.3 Å². The quantitative estimate of drug-likeness (QED) is 0.616. The standard InChI is InChI=1S/C22H28O6S/c1-15-9-11-16(12-10-15)29(23,24)28-19-8-6-5-7-17(19)18-13-14-20(25-2)22(27-4)21(18)26-3/h9-14,17,19H,5-8H2,1-4H3. The maximum atomic E-state index is 12.9. The van der Waals surface area contributed by atoms with Crippen molar-refractivity contribution in [1.29, 1.82) is 0 Å². The Kier molecular flexibility index (Phi) is 6.70. The zero-order valence-electron chi connectivity index (χ0n) is 17.3. The third-order valence-corrected chi connectivity index (χ3v) is 6.75. The van der Waals surface area contributed by atoms with E-state index in [1.807, 2.05) is 19.1 Å². The summed E-state index contributed by atoms with van der Waals surface area (Å²) in [5.74, 6) is 1.49. The predicted octanol–water partition coefficient (Wildman–Crippen LogP) is 4.45. The van der Waals surface area contributed by atoms with Crippen LogP contribution in [0.5, 0.6) is 17.2 Å². The number of methoxy groups -OCH3 is 3. The Labute approximate surface area is 172 Å². The summed E-state index contributed by atoms with van der Waals surface area (Å²) in [7, 11) is 0.833. The lowest BCUT2D eigenvalue weighted by Gasteiger charge is -2.32. The van der Waals surface area contributed by atoms with E-state index in [1.54, 1.807) is 45.6 Å². The van der Waals surface area contributed by atoms with Gasteiger partial charge in [-0.05, 0) is 38.0 Å². The summed E-state index contributed by atoms with van der Waals surface area (Å²) in [6.07, 6.45) is 2.90. The van der Waals surface area contributed by atoms with E-state index in [0.29, 0.717) is 23.7 Å². The van der Waals surface area contributed by atoms with Crippen LogP contribution in [-0.2, 0) is 14.3 Å². The van der Waals surface area contributed by atoms with Gasteiger partial charge in [-0.25, -0.2) is 0 Å². The smallest absolute Gasteiger partial charge is 0.297 e. The maximum absolute atomic E-state index is 12.9. The molecule has 2 unspecified atom stereocenters. The number of hydrogen-bond acceptors (Lipinski definition) is 6. The molecule has 0 aromatic heterocycles. The summed E-state index contributed by atoms with van der Waals surface area (Å²) in [5.41, 5.74) is 1.86. The molecule has 158 valence electrons. The second-order valence-electron chi connectivity index (χ2n) is 7.22. The first kappa shape index (κ1) is 21.5. The first-order chi connectivity index (χ1) is 13.9. The molecule has 0 aliphatic heterocycles. The van der Waals surface area contributed by atoms with Crippen LogP contribution < -0.4 is 14.2 Å². The molecule has 2 aromatic rings. The van der Waals surface area contributed by atoms with Gasteiger partial charge in [0.1, 0.15) is 0 Å². The van der Waals surface area contributed by atoms with E-state index in [0.717, 1.165) is 30.4 Å². The second-order valence-corrected chi connectivity index (χ2v) is 8.79. The average Bonchev–Trinajstić information content (AvgIpc) is 2.73. The molecule has 1 saturated carbocycles. The van der Waals surface area contributed by atoms with Crippen LogP contribution in [0.2, 0.25) is 0 Å². The first-order valence-corrected chi connectivity index (χ1v) is 11.1. The molecule has 2 atom stereocenters.